The smallest absolute Gasteiger partial charge is 0.410 e. The van der Waals surface area contributed by atoms with Gasteiger partial charge >= 0.3 is 6.09 Å². The predicted octanol–water partition coefficient (Wildman–Crippen LogP) is 4.28. The van der Waals surface area contributed by atoms with Crippen molar-refractivity contribution >= 4 is 23.4 Å². The van der Waals surface area contributed by atoms with Gasteiger partial charge in [0.1, 0.15) is 11.3 Å². The fraction of sp³-hybridized carbons (Fsp3) is 0.636. The van der Waals surface area contributed by atoms with Crippen molar-refractivity contribution in [3.05, 3.63) is 33.9 Å². The summed E-state index contributed by atoms with van der Waals surface area (Å²) in [4.78, 5) is 39.6. The molecule has 31 heavy (non-hydrogen) atoms. The summed E-state index contributed by atoms with van der Waals surface area (Å²) in [5, 5.41) is 14.8. The number of nitrogens with zero attached hydrogens (tertiary/aromatic N) is 3. The van der Waals surface area contributed by atoms with Crippen LogP contribution >= 0.6 is 0 Å². The van der Waals surface area contributed by atoms with Gasteiger partial charge in [0.25, 0.3) is 11.6 Å². The van der Waals surface area contributed by atoms with Crippen molar-refractivity contribution < 1.29 is 19.2 Å². The molecule has 2 amide bonds. The number of benzene rings is 1. The predicted molar refractivity (Wildman–Crippen MR) is 119 cm³/mol. The Balaban J connectivity index is 2.16. The normalized spacial score (nSPS) is 16.5. The summed E-state index contributed by atoms with van der Waals surface area (Å²) in [6.45, 7) is 11.2. The molecule has 0 aromatic heterocycles. The van der Waals surface area contributed by atoms with E-state index >= 15 is 0 Å². The van der Waals surface area contributed by atoms with E-state index in [0.717, 1.165) is 19.3 Å². The van der Waals surface area contributed by atoms with Gasteiger partial charge in [-0.1, -0.05) is 0 Å². The molecule has 1 aromatic carbocycles. The van der Waals surface area contributed by atoms with E-state index in [1.807, 2.05) is 34.6 Å². The summed E-state index contributed by atoms with van der Waals surface area (Å²) in [5.41, 5.74) is -0.124. The van der Waals surface area contributed by atoms with Crippen LogP contribution in [-0.2, 0) is 4.74 Å². The monoisotopic (exact) mass is 434 g/mol. The Morgan fingerprint density at radius 1 is 1.26 bits per heavy atom. The maximum absolute atomic E-state index is 12.6. The van der Waals surface area contributed by atoms with Gasteiger partial charge in [0, 0.05) is 37.8 Å². The molecular formula is C22H34N4O5. The van der Waals surface area contributed by atoms with E-state index in [1.54, 1.807) is 21.9 Å². The molecular weight excluding hydrogens is 400 g/mol. The van der Waals surface area contributed by atoms with E-state index in [9.17, 15) is 19.7 Å². The minimum absolute atomic E-state index is 0.125. The first kappa shape index (κ1) is 24.4. The number of nitrogens with one attached hydrogen (secondary N) is 1. The van der Waals surface area contributed by atoms with E-state index in [-0.39, 0.29) is 29.3 Å². The van der Waals surface area contributed by atoms with E-state index in [2.05, 4.69) is 5.32 Å². The molecule has 1 aliphatic rings. The van der Waals surface area contributed by atoms with Crippen molar-refractivity contribution in [3.8, 4) is 0 Å². The largest absolute Gasteiger partial charge is 0.444 e. The molecule has 1 unspecified atom stereocenters. The Bertz CT molecular complexity index is 802. The summed E-state index contributed by atoms with van der Waals surface area (Å²) in [5.74, 6) is -0.233. The highest BCUT2D eigenvalue weighted by molar-refractivity contribution is 5.95. The van der Waals surface area contributed by atoms with Gasteiger partial charge in [-0.3, -0.25) is 14.9 Å². The first-order valence-electron chi connectivity index (χ1n) is 10.9. The van der Waals surface area contributed by atoms with E-state index in [1.165, 1.54) is 6.07 Å². The summed E-state index contributed by atoms with van der Waals surface area (Å²) >= 11 is 0. The van der Waals surface area contributed by atoms with Gasteiger partial charge in [0.2, 0.25) is 0 Å². The lowest BCUT2D eigenvalue weighted by Gasteiger charge is -2.37. The van der Waals surface area contributed by atoms with Gasteiger partial charge in [0.05, 0.1) is 11.0 Å². The Morgan fingerprint density at radius 2 is 1.94 bits per heavy atom. The van der Waals surface area contributed by atoms with Crippen molar-refractivity contribution in [1.29, 1.82) is 0 Å². The Labute approximate surface area is 183 Å². The third kappa shape index (κ3) is 6.57. The van der Waals surface area contributed by atoms with Crippen molar-refractivity contribution in [2.45, 2.75) is 65.5 Å². The second-order valence-corrected chi connectivity index (χ2v) is 8.67. The zero-order valence-corrected chi connectivity index (χ0v) is 19.1. The highest BCUT2D eigenvalue weighted by Crippen LogP contribution is 2.28. The number of hydrogen-bond acceptors (Lipinski definition) is 6. The van der Waals surface area contributed by atoms with Crippen molar-refractivity contribution in [2.75, 3.05) is 31.5 Å². The van der Waals surface area contributed by atoms with Gasteiger partial charge in [-0.05, 0) is 66.0 Å². The molecule has 1 fully saturated rings. The van der Waals surface area contributed by atoms with Crippen LogP contribution in [0, 0.1) is 10.1 Å². The quantitative estimate of drug-likeness (QED) is 0.507. The third-order valence-corrected chi connectivity index (χ3v) is 5.28. The molecule has 9 heteroatoms. The zero-order chi connectivity index (χ0) is 23.2. The maximum atomic E-state index is 12.6. The number of amides is 2. The second-order valence-electron chi connectivity index (χ2n) is 8.67. The number of rotatable bonds is 7. The maximum Gasteiger partial charge on any atom is 0.410 e. The van der Waals surface area contributed by atoms with Gasteiger partial charge in [-0.25, -0.2) is 4.79 Å². The molecule has 1 aliphatic heterocycles. The van der Waals surface area contributed by atoms with E-state index in [4.69, 9.17) is 4.74 Å². The molecule has 1 saturated heterocycles. The Hall–Kier alpha value is -2.84. The summed E-state index contributed by atoms with van der Waals surface area (Å²) in [6, 6.07) is 4.35. The van der Waals surface area contributed by atoms with Crippen LogP contribution in [0.2, 0.25) is 0 Å². The van der Waals surface area contributed by atoms with Crippen molar-refractivity contribution in [3.63, 3.8) is 0 Å². The number of ether oxygens (including phenoxy) is 1. The van der Waals surface area contributed by atoms with Crippen LogP contribution < -0.4 is 5.32 Å². The molecule has 0 spiro atoms. The highest BCUT2D eigenvalue weighted by atomic mass is 16.6. The number of nitro benzene ring substituents is 1. The van der Waals surface area contributed by atoms with E-state index in [0.29, 0.717) is 31.9 Å². The fourth-order valence-corrected chi connectivity index (χ4v) is 3.66. The van der Waals surface area contributed by atoms with Crippen LogP contribution in [0.1, 0.15) is 64.2 Å². The lowest BCUT2D eigenvalue weighted by atomic mass is 10.0. The van der Waals surface area contributed by atoms with Crippen LogP contribution in [-0.4, -0.2) is 64.5 Å². The van der Waals surface area contributed by atoms with Crippen molar-refractivity contribution in [2.24, 2.45) is 0 Å². The number of piperidine rings is 1. The van der Waals surface area contributed by atoms with Crippen LogP contribution in [0.5, 0.6) is 0 Å². The Kier molecular flexibility index (Phi) is 8.24. The minimum atomic E-state index is -0.585. The fourth-order valence-electron chi connectivity index (χ4n) is 3.66. The van der Waals surface area contributed by atoms with Crippen molar-refractivity contribution in [1.82, 2.24) is 9.80 Å². The summed E-state index contributed by atoms with van der Waals surface area (Å²) < 4.78 is 5.52. The third-order valence-electron chi connectivity index (χ3n) is 5.28. The number of carbonyl (C=O) groups is 2. The van der Waals surface area contributed by atoms with Crippen LogP contribution in [0.3, 0.4) is 0 Å². The molecule has 0 bridgehead atoms. The molecule has 2 rings (SSSR count). The number of hydrogen-bond donors (Lipinski definition) is 1. The summed E-state index contributed by atoms with van der Waals surface area (Å²) in [6.07, 6.45) is 2.30. The lowest BCUT2D eigenvalue weighted by molar-refractivity contribution is -0.384. The molecule has 0 radical (unpaired) electrons. The SMILES string of the molecule is CCN(CC)C(=O)c1ccc(NCC2CCCCN2C(=O)OC(C)(C)C)c([N+](=O)[O-])c1. The number of anilines is 1. The number of carbonyl (C=O) groups excluding carboxylic acids is 2. The second kappa shape index (κ2) is 10.5. The lowest BCUT2D eigenvalue weighted by Crippen LogP contribution is -2.48. The molecule has 1 heterocycles. The zero-order valence-electron chi connectivity index (χ0n) is 19.1. The van der Waals surface area contributed by atoms with Crippen LogP contribution in [0.4, 0.5) is 16.2 Å². The standard InChI is InChI=1S/C22H34N4O5/c1-6-24(7-2)20(27)16-11-12-18(19(14-16)26(29)30)23-15-17-10-8-9-13-25(17)21(28)31-22(3,4)5/h11-12,14,17,23H,6-10,13,15H2,1-5H3. The van der Waals surface area contributed by atoms with Gasteiger partial charge < -0.3 is 19.9 Å². The molecule has 1 aromatic rings. The molecule has 0 saturated carbocycles. The van der Waals surface area contributed by atoms with E-state index < -0.39 is 10.5 Å². The highest BCUT2D eigenvalue weighted by Gasteiger charge is 2.31. The average molecular weight is 435 g/mol. The minimum Gasteiger partial charge on any atom is -0.444 e. The first-order chi connectivity index (χ1) is 14.6. The van der Waals surface area contributed by atoms with Gasteiger partial charge in [0.15, 0.2) is 0 Å². The molecule has 9 nitrogen and oxygen atoms in total. The topological polar surface area (TPSA) is 105 Å². The molecule has 1 atom stereocenters. The average Bonchev–Trinajstić information content (AvgIpc) is 2.71. The molecule has 1 N–H and O–H groups in total. The number of nitro groups is 1. The number of likely N-dealkylation sites (tertiary alicyclic amines) is 1. The molecule has 172 valence electrons. The van der Waals surface area contributed by atoms with Gasteiger partial charge in [-0.15, -0.1) is 0 Å². The van der Waals surface area contributed by atoms with Crippen LogP contribution in [0.15, 0.2) is 18.2 Å². The first-order valence-corrected chi connectivity index (χ1v) is 10.9. The molecule has 0 aliphatic carbocycles. The Morgan fingerprint density at radius 3 is 2.52 bits per heavy atom. The summed E-state index contributed by atoms with van der Waals surface area (Å²) in [7, 11) is 0. The van der Waals surface area contributed by atoms with Crippen LogP contribution in [0.25, 0.3) is 0 Å². The van der Waals surface area contributed by atoms with Gasteiger partial charge in [-0.2, -0.15) is 0 Å².